The molecule has 0 bridgehead atoms. The molecule has 0 N–H and O–H groups in total. The van der Waals surface area contributed by atoms with Crippen LogP contribution in [0.15, 0.2) is 23.4 Å². The minimum absolute atomic E-state index is 0.306. The summed E-state index contributed by atoms with van der Waals surface area (Å²) in [6.07, 6.45) is 0. The molecule has 4 saturated heterocycles. The minimum Gasteiger partial charge on any atom is -0.399 e. The molecule has 8 heteroatoms. The topological polar surface area (TPSA) is 69.6 Å². The third-order valence-corrected chi connectivity index (χ3v) is 7.09. The van der Waals surface area contributed by atoms with Crippen LogP contribution in [0.25, 0.3) is 0 Å². The van der Waals surface area contributed by atoms with Crippen molar-refractivity contribution in [2.45, 2.75) is 44.4 Å². The lowest BCUT2D eigenvalue weighted by molar-refractivity contribution is -0.127. The average Bonchev–Trinajstić information content (AvgIpc) is 2.72. The van der Waals surface area contributed by atoms with E-state index in [1.165, 1.54) is 0 Å². The summed E-state index contributed by atoms with van der Waals surface area (Å²) in [7, 11) is -0.476. The van der Waals surface area contributed by atoms with Crippen molar-refractivity contribution >= 4 is 18.3 Å². The molecule has 0 unspecified atom stereocenters. The second-order valence-electron chi connectivity index (χ2n) is 9.87. The van der Waals surface area contributed by atoms with E-state index >= 15 is 0 Å². The Labute approximate surface area is 165 Å². The molecule has 0 aliphatic carbocycles. The number of benzene rings is 1. The van der Waals surface area contributed by atoms with Gasteiger partial charge in [-0.05, 0) is 50.9 Å². The molecule has 4 fully saturated rings. The second kappa shape index (κ2) is 5.78. The average molecular weight is 386 g/mol. The lowest BCUT2D eigenvalue weighted by Crippen LogP contribution is -2.66. The molecule has 4 heterocycles. The maximum absolute atomic E-state index is 11.6. The monoisotopic (exact) mass is 386 g/mol. The molecule has 5 rings (SSSR count). The normalized spacial score (nSPS) is 28.4. The summed E-state index contributed by atoms with van der Waals surface area (Å²) >= 11 is 0. The van der Waals surface area contributed by atoms with Gasteiger partial charge in [-0.15, -0.1) is 4.91 Å². The zero-order valence-corrected chi connectivity index (χ0v) is 17.0. The predicted molar refractivity (Wildman–Crippen MR) is 106 cm³/mol. The highest BCUT2D eigenvalue weighted by molar-refractivity contribution is 6.62. The van der Waals surface area contributed by atoms with E-state index in [0.29, 0.717) is 18.6 Å². The third-order valence-electron chi connectivity index (χ3n) is 7.09. The SMILES string of the molecule is CC1(C)OB(c2cc(N3CC4(COC4)C3)cc(C3(N=O)COC3)c2)OC1(C)C. The van der Waals surface area contributed by atoms with E-state index in [2.05, 4.69) is 22.2 Å². The van der Waals surface area contributed by atoms with E-state index < -0.39 is 23.9 Å². The van der Waals surface area contributed by atoms with Crippen LogP contribution in [-0.2, 0) is 24.3 Å². The van der Waals surface area contributed by atoms with Crippen LogP contribution in [0.3, 0.4) is 0 Å². The fraction of sp³-hybridized carbons (Fsp3) is 0.700. The molecule has 0 aromatic heterocycles. The van der Waals surface area contributed by atoms with Crippen molar-refractivity contribution in [1.29, 1.82) is 0 Å². The van der Waals surface area contributed by atoms with Gasteiger partial charge in [-0.3, -0.25) is 0 Å². The molecule has 4 aliphatic heterocycles. The van der Waals surface area contributed by atoms with Crippen molar-refractivity contribution < 1.29 is 18.8 Å². The van der Waals surface area contributed by atoms with Gasteiger partial charge in [0.1, 0.15) is 0 Å². The van der Waals surface area contributed by atoms with Crippen LogP contribution >= 0.6 is 0 Å². The number of hydrogen-bond acceptors (Lipinski definition) is 7. The molecule has 0 radical (unpaired) electrons. The second-order valence-corrected chi connectivity index (χ2v) is 9.87. The maximum atomic E-state index is 11.6. The van der Waals surface area contributed by atoms with Crippen molar-refractivity contribution in [1.82, 2.24) is 0 Å². The van der Waals surface area contributed by atoms with Crippen LogP contribution in [0.5, 0.6) is 0 Å². The van der Waals surface area contributed by atoms with Crippen molar-refractivity contribution in [3.63, 3.8) is 0 Å². The first kappa shape index (κ1) is 18.5. The molecule has 150 valence electrons. The van der Waals surface area contributed by atoms with E-state index in [9.17, 15) is 4.91 Å². The number of nitrogens with zero attached hydrogens (tertiary/aromatic N) is 2. The van der Waals surface area contributed by atoms with Crippen molar-refractivity contribution in [3.8, 4) is 0 Å². The maximum Gasteiger partial charge on any atom is 0.494 e. The van der Waals surface area contributed by atoms with E-state index in [1.54, 1.807) is 0 Å². The van der Waals surface area contributed by atoms with Gasteiger partial charge in [-0.25, -0.2) is 0 Å². The third kappa shape index (κ3) is 2.58. The highest BCUT2D eigenvalue weighted by Crippen LogP contribution is 2.43. The molecule has 1 aromatic carbocycles. The van der Waals surface area contributed by atoms with Crippen LogP contribution in [0.1, 0.15) is 33.3 Å². The molecule has 7 nitrogen and oxygen atoms in total. The van der Waals surface area contributed by atoms with Crippen LogP contribution < -0.4 is 10.4 Å². The molecule has 1 aromatic rings. The van der Waals surface area contributed by atoms with Gasteiger partial charge < -0.3 is 23.7 Å². The molecular weight excluding hydrogens is 359 g/mol. The summed E-state index contributed by atoms with van der Waals surface area (Å²) in [6.45, 7) is 12.4. The summed E-state index contributed by atoms with van der Waals surface area (Å²) in [5.74, 6) is 0. The van der Waals surface area contributed by atoms with Gasteiger partial charge in [0.15, 0.2) is 5.54 Å². The Hall–Kier alpha value is -1.48. The fourth-order valence-electron chi connectivity index (χ4n) is 4.29. The fourth-order valence-corrected chi connectivity index (χ4v) is 4.29. The molecular formula is C20H27BN2O5. The van der Waals surface area contributed by atoms with Crippen molar-refractivity contribution in [2.24, 2.45) is 10.6 Å². The molecule has 4 aliphatic rings. The smallest absolute Gasteiger partial charge is 0.399 e. The van der Waals surface area contributed by atoms with Gasteiger partial charge in [0.25, 0.3) is 0 Å². The van der Waals surface area contributed by atoms with Gasteiger partial charge in [0.05, 0.1) is 43.0 Å². The van der Waals surface area contributed by atoms with Gasteiger partial charge >= 0.3 is 7.12 Å². The van der Waals surface area contributed by atoms with Crippen LogP contribution in [0, 0.1) is 10.3 Å². The minimum atomic E-state index is -0.809. The first-order valence-electron chi connectivity index (χ1n) is 9.94. The van der Waals surface area contributed by atoms with Crippen molar-refractivity contribution in [2.75, 3.05) is 44.4 Å². The number of rotatable bonds is 4. The summed E-state index contributed by atoms with van der Waals surface area (Å²) < 4.78 is 23.3. The number of anilines is 1. The van der Waals surface area contributed by atoms with Gasteiger partial charge in [-0.1, -0.05) is 11.2 Å². The molecule has 0 amide bonds. The van der Waals surface area contributed by atoms with Crippen molar-refractivity contribution in [3.05, 3.63) is 28.7 Å². The van der Waals surface area contributed by atoms with Crippen LogP contribution in [0.4, 0.5) is 5.69 Å². The standard InChI is InChI=1S/C20H27BN2O5/c1-17(2)18(3,4)28-21(27-17)15-5-14(20(22-24)12-26-13-20)6-16(7-15)23-8-19(9-23)10-25-11-19/h5-7H,8-13H2,1-4H3. The number of nitroso groups, excluding NO2 is 1. The first-order chi connectivity index (χ1) is 13.2. The first-order valence-corrected chi connectivity index (χ1v) is 9.94. The summed E-state index contributed by atoms with van der Waals surface area (Å²) in [5, 5.41) is 3.43. The van der Waals surface area contributed by atoms with E-state index in [1.807, 2.05) is 33.8 Å². The van der Waals surface area contributed by atoms with E-state index in [4.69, 9.17) is 18.8 Å². The highest BCUT2D eigenvalue weighted by atomic mass is 16.7. The highest BCUT2D eigenvalue weighted by Gasteiger charge is 2.53. The van der Waals surface area contributed by atoms with E-state index in [0.717, 1.165) is 43.0 Å². The quantitative estimate of drug-likeness (QED) is 0.581. The molecule has 0 atom stereocenters. The largest absolute Gasteiger partial charge is 0.494 e. The van der Waals surface area contributed by atoms with Crippen LogP contribution in [-0.4, -0.2) is 57.8 Å². The lowest BCUT2D eigenvalue weighted by Gasteiger charge is -2.56. The Morgan fingerprint density at radius 3 is 2.00 bits per heavy atom. The zero-order chi connectivity index (χ0) is 19.8. The Morgan fingerprint density at radius 2 is 1.54 bits per heavy atom. The van der Waals surface area contributed by atoms with Crippen LogP contribution in [0.2, 0.25) is 0 Å². The van der Waals surface area contributed by atoms with Gasteiger partial charge in [-0.2, -0.15) is 0 Å². The lowest BCUT2D eigenvalue weighted by atomic mass is 9.74. The Bertz CT molecular complexity index is 795. The van der Waals surface area contributed by atoms with Gasteiger partial charge in [0.2, 0.25) is 0 Å². The van der Waals surface area contributed by atoms with Gasteiger partial charge in [0, 0.05) is 18.8 Å². The summed E-state index contributed by atoms with van der Waals surface area (Å²) in [6, 6.07) is 6.19. The molecule has 28 heavy (non-hydrogen) atoms. The Morgan fingerprint density at radius 1 is 0.929 bits per heavy atom. The molecule has 0 saturated carbocycles. The Balaban J connectivity index is 1.50. The number of hydrogen-bond donors (Lipinski definition) is 0. The Kier molecular flexibility index (Phi) is 3.83. The summed E-state index contributed by atoms with van der Waals surface area (Å²) in [5.41, 5.74) is 1.54. The van der Waals surface area contributed by atoms with E-state index in [-0.39, 0.29) is 0 Å². The number of ether oxygens (including phenoxy) is 2. The molecule has 1 spiro atoms. The zero-order valence-electron chi connectivity index (χ0n) is 17.0. The predicted octanol–water partition coefficient (Wildman–Crippen LogP) is 1.81. The summed E-state index contributed by atoms with van der Waals surface area (Å²) in [4.78, 5) is 14.0.